The quantitative estimate of drug-likeness (QED) is 0.368. The summed E-state index contributed by atoms with van der Waals surface area (Å²) in [5.74, 6) is 1.33. The zero-order valence-corrected chi connectivity index (χ0v) is 12.8. The molecule has 0 spiro atoms. The second-order valence-electron chi connectivity index (χ2n) is 6.34. The minimum absolute atomic E-state index is 0.0944. The van der Waals surface area contributed by atoms with Gasteiger partial charge in [-0.1, -0.05) is 18.1 Å². The Morgan fingerprint density at radius 1 is 1.12 bits per heavy atom. The number of fused-ring (bicyclic) bond motifs is 5. The molecule has 2 aliphatic carbocycles. The molecule has 1 heterocycles. The van der Waals surface area contributed by atoms with Crippen molar-refractivity contribution >= 4 is 23.5 Å². The van der Waals surface area contributed by atoms with Crippen molar-refractivity contribution < 1.29 is 19.1 Å². The van der Waals surface area contributed by atoms with Crippen LogP contribution in [-0.4, -0.2) is 24.4 Å². The number of esters is 1. The summed E-state index contributed by atoms with van der Waals surface area (Å²) in [6, 6.07) is 6.27. The minimum Gasteiger partial charge on any atom is -0.449 e. The van der Waals surface area contributed by atoms with Crippen LogP contribution in [0.25, 0.3) is 0 Å². The molecule has 0 radical (unpaired) electrons. The Bertz CT molecular complexity index is 772. The molecule has 5 heteroatoms. The maximum Gasteiger partial charge on any atom is 0.339 e. The maximum absolute atomic E-state index is 12.7. The van der Waals surface area contributed by atoms with Gasteiger partial charge in [0.05, 0.1) is 23.1 Å². The molecule has 24 heavy (non-hydrogen) atoms. The number of ether oxygens (including phenoxy) is 1. The molecule has 2 bridgehead atoms. The lowest BCUT2D eigenvalue weighted by atomic mass is 9.85. The molecule has 3 aliphatic rings. The molecular formula is C19H15NO4. The summed E-state index contributed by atoms with van der Waals surface area (Å²) in [5, 5.41) is 0. The number of nitrogens with zero attached hydrogens (tertiary/aromatic N) is 1. The van der Waals surface area contributed by atoms with Gasteiger partial charge in [0.25, 0.3) is 0 Å². The lowest BCUT2D eigenvalue weighted by Crippen LogP contribution is -2.32. The highest BCUT2D eigenvalue weighted by atomic mass is 16.5. The average molecular weight is 321 g/mol. The van der Waals surface area contributed by atoms with E-state index < -0.39 is 5.97 Å². The number of carbonyl (C=O) groups excluding carboxylic acids is 3. The van der Waals surface area contributed by atoms with E-state index in [0.29, 0.717) is 11.3 Å². The highest BCUT2D eigenvalue weighted by molar-refractivity contribution is 6.22. The molecule has 0 N–H and O–H groups in total. The molecule has 1 aromatic rings. The smallest absolute Gasteiger partial charge is 0.339 e. The van der Waals surface area contributed by atoms with E-state index >= 15 is 0 Å². The average Bonchev–Trinajstić information content (AvgIpc) is 3.27. The van der Waals surface area contributed by atoms with E-state index in [2.05, 4.69) is 18.1 Å². The van der Waals surface area contributed by atoms with E-state index in [1.165, 1.54) is 17.0 Å². The Hall–Kier alpha value is -2.87. The summed E-state index contributed by atoms with van der Waals surface area (Å²) < 4.78 is 4.85. The Morgan fingerprint density at radius 3 is 2.25 bits per heavy atom. The van der Waals surface area contributed by atoms with Crippen molar-refractivity contribution in [2.75, 3.05) is 11.5 Å². The van der Waals surface area contributed by atoms with Gasteiger partial charge in [-0.15, -0.1) is 6.42 Å². The highest BCUT2D eigenvalue weighted by Gasteiger charge is 2.59. The van der Waals surface area contributed by atoms with Crippen molar-refractivity contribution in [3.8, 4) is 12.3 Å². The Balaban J connectivity index is 1.57. The van der Waals surface area contributed by atoms with Gasteiger partial charge >= 0.3 is 5.97 Å². The molecule has 4 atom stereocenters. The van der Waals surface area contributed by atoms with Gasteiger partial charge in [0, 0.05) is 0 Å². The second-order valence-corrected chi connectivity index (χ2v) is 6.34. The van der Waals surface area contributed by atoms with E-state index in [-0.39, 0.29) is 42.1 Å². The first-order chi connectivity index (χ1) is 11.6. The lowest BCUT2D eigenvalue weighted by molar-refractivity contribution is -0.123. The predicted octanol–water partition coefficient (Wildman–Crippen LogP) is 1.79. The maximum atomic E-state index is 12.7. The molecule has 120 valence electrons. The monoisotopic (exact) mass is 321 g/mol. The number of benzene rings is 1. The first-order valence-corrected chi connectivity index (χ1v) is 7.88. The Labute approximate surface area is 139 Å². The van der Waals surface area contributed by atoms with Gasteiger partial charge in [-0.2, -0.15) is 0 Å². The van der Waals surface area contributed by atoms with Crippen LogP contribution in [0, 0.1) is 36.0 Å². The zero-order chi connectivity index (χ0) is 16.8. The third-order valence-electron chi connectivity index (χ3n) is 5.12. The lowest BCUT2D eigenvalue weighted by Gasteiger charge is -2.17. The minimum atomic E-state index is -0.530. The fourth-order valence-electron chi connectivity index (χ4n) is 4.09. The number of carbonyl (C=O) groups is 3. The molecule has 1 aliphatic heterocycles. The van der Waals surface area contributed by atoms with Crippen LogP contribution in [0.4, 0.5) is 5.69 Å². The van der Waals surface area contributed by atoms with Crippen molar-refractivity contribution in [3.63, 3.8) is 0 Å². The van der Waals surface area contributed by atoms with Crippen LogP contribution in [0.5, 0.6) is 0 Å². The van der Waals surface area contributed by atoms with Gasteiger partial charge in [-0.25, -0.2) is 4.79 Å². The largest absolute Gasteiger partial charge is 0.449 e. The first-order valence-electron chi connectivity index (χ1n) is 7.88. The number of hydrogen-bond acceptors (Lipinski definition) is 4. The number of anilines is 1. The van der Waals surface area contributed by atoms with Crippen LogP contribution < -0.4 is 4.90 Å². The van der Waals surface area contributed by atoms with Crippen molar-refractivity contribution in [2.24, 2.45) is 23.7 Å². The van der Waals surface area contributed by atoms with E-state index in [9.17, 15) is 14.4 Å². The van der Waals surface area contributed by atoms with Gasteiger partial charge in [0.2, 0.25) is 11.8 Å². The van der Waals surface area contributed by atoms with Gasteiger partial charge in [0.15, 0.2) is 6.61 Å². The summed E-state index contributed by atoms with van der Waals surface area (Å²) in [5.41, 5.74) is 0.822. The SMILES string of the molecule is C#CCOC(=O)c1ccc(N2C(=O)[C@@H]3[C@@H](C2=O)[C@H]2C=C[C@H]3C2)cc1. The summed E-state index contributed by atoms with van der Waals surface area (Å²) >= 11 is 0. The number of amides is 2. The molecule has 2 amide bonds. The number of hydrogen-bond donors (Lipinski definition) is 0. The Morgan fingerprint density at radius 2 is 1.71 bits per heavy atom. The van der Waals surface area contributed by atoms with Crippen LogP contribution in [0.2, 0.25) is 0 Å². The zero-order valence-electron chi connectivity index (χ0n) is 12.8. The third kappa shape index (κ3) is 2.00. The molecule has 0 unspecified atom stereocenters. The molecule has 5 nitrogen and oxygen atoms in total. The van der Waals surface area contributed by atoms with Crippen LogP contribution in [-0.2, 0) is 14.3 Å². The first kappa shape index (κ1) is 14.7. The number of imide groups is 1. The van der Waals surface area contributed by atoms with E-state index in [1.54, 1.807) is 12.1 Å². The summed E-state index contributed by atoms with van der Waals surface area (Å²) in [4.78, 5) is 38.4. The summed E-state index contributed by atoms with van der Waals surface area (Å²) in [6.07, 6.45) is 10.1. The second kappa shape index (κ2) is 5.34. The molecular weight excluding hydrogens is 306 g/mol. The fraction of sp³-hybridized carbons (Fsp3) is 0.316. The highest BCUT2D eigenvalue weighted by Crippen LogP contribution is 2.53. The normalized spacial score (nSPS) is 29.7. The van der Waals surface area contributed by atoms with Crippen LogP contribution in [0.3, 0.4) is 0 Å². The topological polar surface area (TPSA) is 63.7 Å². The van der Waals surface area contributed by atoms with Crippen molar-refractivity contribution in [1.29, 1.82) is 0 Å². The molecule has 2 fully saturated rings. The summed E-state index contributed by atoms with van der Waals surface area (Å²) in [7, 11) is 0. The standard InChI is InChI=1S/C19H15NO4/c1-2-9-24-19(23)11-5-7-14(8-6-11)20-17(21)15-12-3-4-13(10-12)16(15)18(20)22/h1,3-8,12-13,15-16H,9-10H2/t12-,13-,15-,16-/m0/s1. The molecule has 1 aromatic carbocycles. The van der Waals surface area contributed by atoms with Crippen LogP contribution >= 0.6 is 0 Å². The molecule has 4 rings (SSSR count). The van der Waals surface area contributed by atoms with Crippen molar-refractivity contribution in [1.82, 2.24) is 0 Å². The van der Waals surface area contributed by atoms with E-state index in [0.717, 1.165) is 6.42 Å². The Kier molecular flexibility index (Phi) is 3.27. The third-order valence-corrected chi connectivity index (χ3v) is 5.12. The predicted molar refractivity (Wildman–Crippen MR) is 85.8 cm³/mol. The van der Waals surface area contributed by atoms with Crippen LogP contribution in [0.1, 0.15) is 16.8 Å². The molecule has 1 saturated carbocycles. The van der Waals surface area contributed by atoms with Crippen molar-refractivity contribution in [3.05, 3.63) is 42.0 Å². The van der Waals surface area contributed by atoms with Gasteiger partial charge in [-0.05, 0) is 42.5 Å². The van der Waals surface area contributed by atoms with Gasteiger partial charge in [-0.3, -0.25) is 14.5 Å². The van der Waals surface area contributed by atoms with Crippen LogP contribution in [0.15, 0.2) is 36.4 Å². The van der Waals surface area contributed by atoms with E-state index in [4.69, 9.17) is 11.2 Å². The summed E-state index contributed by atoms with van der Waals surface area (Å²) in [6.45, 7) is -0.0944. The number of terminal acetylenes is 1. The van der Waals surface area contributed by atoms with Gasteiger partial charge in [0.1, 0.15) is 0 Å². The fourth-order valence-corrected chi connectivity index (χ4v) is 4.09. The molecule has 1 saturated heterocycles. The van der Waals surface area contributed by atoms with Crippen molar-refractivity contribution in [2.45, 2.75) is 6.42 Å². The number of rotatable bonds is 3. The number of allylic oxidation sites excluding steroid dienone is 2. The molecule has 0 aromatic heterocycles. The van der Waals surface area contributed by atoms with E-state index in [1.807, 2.05) is 0 Å². The van der Waals surface area contributed by atoms with Gasteiger partial charge < -0.3 is 4.74 Å².